The first-order valence-electron chi connectivity index (χ1n) is 3.62. The van der Waals surface area contributed by atoms with Gasteiger partial charge in [0.2, 0.25) is 5.28 Å². The van der Waals surface area contributed by atoms with E-state index in [1.165, 1.54) is 0 Å². The van der Waals surface area contributed by atoms with Crippen molar-refractivity contribution in [2.75, 3.05) is 6.61 Å². The summed E-state index contributed by atoms with van der Waals surface area (Å²) in [6.07, 6.45) is 7.30. The second-order valence-electron chi connectivity index (χ2n) is 2.47. The number of rotatable bonds is 1. The van der Waals surface area contributed by atoms with Gasteiger partial charge >= 0.3 is 0 Å². The van der Waals surface area contributed by atoms with E-state index in [2.05, 4.69) is 9.97 Å². The van der Waals surface area contributed by atoms with E-state index < -0.39 is 0 Å². The predicted octanol–water partition coefficient (Wildman–Crippen LogP) is 1.76. The van der Waals surface area contributed by atoms with Crippen molar-refractivity contribution in [2.24, 2.45) is 0 Å². The Balaban J connectivity index is 2.23. The van der Waals surface area contributed by atoms with Crippen molar-refractivity contribution in [2.45, 2.75) is 6.10 Å². The van der Waals surface area contributed by atoms with Crippen LogP contribution in [0.15, 0.2) is 24.5 Å². The first-order valence-corrected chi connectivity index (χ1v) is 4.00. The number of hydrogen-bond donors (Lipinski definition) is 0. The molecule has 2 rings (SSSR count). The second-order valence-corrected chi connectivity index (χ2v) is 2.81. The molecule has 0 aromatic carbocycles. The summed E-state index contributed by atoms with van der Waals surface area (Å²) in [7, 11) is 0. The van der Waals surface area contributed by atoms with E-state index in [1.807, 2.05) is 12.2 Å². The average molecular weight is 183 g/mol. The highest BCUT2D eigenvalue weighted by atomic mass is 35.5. The quantitative estimate of drug-likeness (QED) is 0.490. The number of halogens is 1. The molecule has 0 N–H and O–H groups in total. The lowest BCUT2D eigenvalue weighted by Gasteiger charge is -2.06. The van der Waals surface area contributed by atoms with E-state index in [0.717, 1.165) is 5.56 Å². The highest BCUT2D eigenvalue weighted by molar-refractivity contribution is 6.28. The predicted molar refractivity (Wildman–Crippen MR) is 44.9 cm³/mol. The summed E-state index contributed by atoms with van der Waals surface area (Å²) < 4.78 is 5.34. The van der Waals surface area contributed by atoms with Crippen molar-refractivity contribution >= 4 is 11.6 Å². The summed E-state index contributed by atoms with van der Waals surface area (Å²) in [6, 6.07) is 0. The Bertz CT molecular complexity index is 296. The van der Waals surface area contributed by atoms with Crippen molar-refractivity contribution < 1.29 is 4.74 Å². The van der Waals surface area contributed by atoms with Crippen LogP contribution in [0, 0.1) is 0 Å². The van der Waals surface area contributed by atoms with Gasteiger partial charge in [0.05, 0.1) is 6.61 Å². The Labute approximate surface area is 75.1 Å². The monoisotopic (exact) mass is 182 g/mol. The lowest BCUT2D eigenvalue weighted by molar-refractivity contribution is 0.129. The van der Waals surface area contributed by atoms with E-state index in [1.54, 1.807) is 12.4 Å². The van der Waals surface area contributed by atoms with Gasteiger partial charge in [0, 0.05) is 18.0 Å². The van der Waals surface area contributed by atoms with Crippen LogP contribution in [0.4, 0.5) is 0 Å². The van der Waals surface area contributed by atoms with Crippen LogP contribution in [0.1, 0.15) is 11.7 Å². The molecule has 0 saturated heterocycles. The van der Waals surface area contributed by atoms with Gasteiger partial charge in [-0.1, -0.05) is 12.2 Å². The lowest BCUT2D eigenvalue weighted by atomic mass is 10.2. The fourth-order valence-corrected chi connectivity index (χ4v) is 1.17. The SMILES string of the molecule is Clc1ncc([C@@H]2C=CCO2)cn1. The van der Waals surface area contributed by atoms with Gasteiger partial charge in [0.15, 0.2) is 0 Å². The third kappa shape index (κ3) is 1.47. The highest BCUT2D eigenvalue weighted by Gasteiger charge is 2.12. The van der Waals surface area contributed by atoms with Crippen molar-refractivity contribution in [3.05, 3.63) is 35.4 Å². The molecular formula is C8H7ClN2O. The van der Waals surface area contributed by atoms with Crippen molar-refractivity contribution in [3.63, 3.8) is 0 Å². The van der Waals surface area contributed by atoms with Gasteiger partial charge in [-0.3, -0.25) is 0 Å². The van der Waals surface area contributed by atoms with Gasteiger partial charge in [-0.2, -0.15) is 0 Å². The van der Waals surface area contributed by atoms with Crippen molar-refractivity contribution in [1.82, 2.24) is 9.97 Å². The van der Waals surface area contributed by atoms with Gasteiger partial charge in [-0.15, -0.1) is 0 Å². The van der Waals surface area contributed by atoms with Crippen LogP contribution < -0.4 is 0 Å². The Morgan fingerprint density at radius 3 is 2.75 bits per heavy atom. The third-order valence-corrected chi connectivity index (χ3v) is 1.85. The number of aromatic nitrogens is 2. The first-order chi connectivity index (χ1) is 5.86. The summed E-state index contributed by atoms with van der Waals surface area (Å²) in [5, 5.41) is 0.265. The highest BCUT2D eigenvalue weighted by Crippen LogP contribution is 2.21. The zero-order valence-corrected chi connectivity index (χ0v) is 7.03. The summed E-state index contributed by atoms with van der Waals surface area (Å²) in [5.74, 6) is 0. The van der Waals surface area contributed by atoms with E-state index in [-0.39, 0.29) is 11.4 Å². The zero-order chi connectivity index (χ0) is 8.39. The third-order valence-electron chi connectivity index (χ3n) is 1.65. The molecule has 0 unspecified atom stereocenters. The van der Waals surface area contributed by atoms with Crippen LogP contribution in [0.25, 0.3) is 0 Å². The number of nitrogens with zero attached hydrogens (tertiary/aromatic N) is 2. The topological polar surface area (TPSA) is 35.0 Å². The molecule has 4 heteroatoms. The average Bonchev–Trinajstić information content (AvgIpc) is 2.58. The van der Waals surface area contributed by atoms with E-state index in [4.69, 9.17) is 16.3 Å². The molecule has 0 fully saturated rings. The number of ether oxygens (including phenoxy) is 1. The van der Waals surface area contributed by atoms with Crippen LogP contribution >= 0.6 is 11.6 Å². The van der Waals surface area contributed by atoms with Crippen LogP contribution in [0.3, 0.4) is 0 Å². The van der Waals surface area contributed by atoms with Gasteiger partial charge in [0.1, 0.15) is 6.10 Å². The summed E-state index contributed by atoms with van der Waals surface area (Å²) in [6.45, 7) is 0.660. The van der Waals surface area contributed by atoms with E-state index >= 15 is 0 Å². The fourth-order valence-electron chi connectivity index (χ4n) is 1.07. The van der Waals surface area contributed by atoms with Crippen molar-refractivity contribution in [3.8, 4) is 0 Å². The zero-order valence-electron chi connectivity index (χ0n) is 6.27. The molecule has 1 aromatic rings. The maximum atomic E-state index is 5.54. The molecule has 0 saturated carbocycles. The summed E-state index contributed by atoms with van der Waals surface area (Å²) in [5.41, 5.74) is 0.938. The Morgan fingerprint density at radius 2 is 2.17 bits per heavy atom. The lowest BCUT2D eigenvalue weighted by Crippen LogP contribution is -1.97. The Hall–Kier alpha value is -0.930. The molecular weight excluding hydrogens is 176 g/mol. The fraction of sp³-hybridized carbons (Fsp3) is 0.250. The van der Waals surface area contributed by atoms with Crippen LogP contribution in [-0.4, -0.2) is 16.6 Å². The molecule has 1 aliphatic heterocycles. The first kappa shape index (κ1) is 7.71. The minimum Gasteiger partial charge on any atom is -0.365 e. The maximum absolute atomic E-state index is 5.54. The molecule has 0 spiro atoms. The van der Waals surface area contributed by atoms with Crippen LogP contribution in [0.5, 0.6) is 0 Å². The molecule has 3 nitrogen and oxygen atoms in total. The Morgan fingerprint density at radius 1 is 1.42 bits per heavy atom. The maximum Gasteiger partial charge on any atom is 0.222 e. The molecule has 0 aliphatic carbocycles. The largest absolute Gasteiger partial charge is 0.365 e. The molecule has 1 atom stereocenters. The minimum atomic E-state index is 0.00210. The summed E-state index contributed by atoms with van der Waals surface area (Å²) >= 11 is 5.54. The van der Waals surface area contributed by atoms with Crippen LogP contribution in [-0.2, 0) is 4.74 Å². The van der Waals surface area contributed by atoms with Crippen LogP contribution in [0.2, 0.25) is 5.28 Å². The molecule has 12 heavy (non-hydrogen) atoms. The van der Waals surface area contributed by atoms with E-state index in [9.17, 15) is 0 Å². The van der Waals surface area contributed by atoms with Gasteiger partial charge in [-0.25, -0.2) is 9.97 Å². The van der Waals surface area contributed by atoms with Gasteiger partial charge < -0.3 is 4.74 Å². The molecule has 1 aromatic heterocycles. The minimum absolute atomic E-state index is 0.00210. The van der Waals surface area contributed by atoms with E-state index in [0.29, 0.717) is 6.61 Å². The molecule has 1 aliphatic rings. The van der Waals surface area contributed by atoms with Crippen molar-refractivity contribution in [1.29, 1.82) is 0 Å². The molecule has 62 valence electrons. The molecule has 0 bridgehead atoms. The van der Waals surface area contributed by atoms with Gasteiger partial charge in [0.25, 0.3) is 0 Å². The summed E-state index contributed by atoms with van der Waals surface area (Å²) in [4.78, 5) is 7.73. The molecule has 0 amide bonds. The number of hydrogen-bond acceptors (Lipinski definition) is 3. The normalized spacial score (nSPS) is 21.6. The standard InChI is InChI=1S/C8H7ClN2O/c9-8-10-4-6(5-11-8)7-2-1-3-12-7/h1-2,4-5,7H,3H2/t7-/m0/s1. The Kier molecular flexibility index (Phi) is 2.06. The second kappa shape index (κ2) is 3.21. The smallest absolute Gasteiger partial charge is 0.222 e. The molecule has 0 radical (unpaired) electrons. The van der Waals surface area contributed by atoms with Gasteiger partial charge in [-0.05, 0) is 11.6 Å². The molecule has 2 heterocycles.